The molecule has 0 spiro atoms. The molecule has 0 aliphatic carbocycles. The zero-order chi connectivity index (χ0) is 18.3. The monoisotopic (exact) mass is 386 g/mol. The Morgan fingerprint density at radius 3 is 1.72 bits per heavy atom. The Bertz CT molecular complexity index is 675. The van der Waals surface area contributed by atoms with Crippen LogP contribution >= 0.6 is 0 Å². The van der Waals surface area contributed by atoms with Gasteiger partial charge in [0.25, 0.3) is 0 Å². The maximum atomic E-state index is 6.05. The SMILES string of the molecule is CO[Si](OC)(OC)[Si](C=C(C)C)([Si]c1ccccc1)c1ccccc1. The van der Waals surface area contributed by atoms with Crippen LogP contribution in [0, 0.1) is 0 Å². The molecule has 0 saturated heterocycles. The van der Waals surface area contributed by atoms with Gasteiger partial charge in [-0.15, -0.1) is 0 Å². The van der Waals surface area contributed by atoms with E-state index in [-0.39, 0.29) is 0 Å². The molecule has 2 aromatic rings. The van der Waals surface area contributed by atoms with E-state index in [4.69, 9.17) is 13.3 Å². The fourth-order valence-electron chi connectivity index (χ4n) is 3.15. The summed E-state index contributed by atoms with van der Waals surface area (Å²) in [6.45, 7) is 4.28. The van der Waals surface area contributed by atoms with Crippen LogP contribution in [0.4, 0.5) is 0 Å². The summed E-state index contributed by atoms with van der Waals surface area (Å²) in [4.78, 5) is 0. The third-order valence-corrected chi connectivity index (χ3v) is 23.3. The topological polar surface area (TPSA) is 27.7 Å². The summed E-state index contributed by atoms with van der Waals surface area (Å²) in [6.07, 6.45) is 0. The predicted octanol–water partition coefficient (Wildman–Crippen LogP) is 2.33. The summed E-state index contributed by atoms with van der Waals surface area (Å²) in [5.74, 6) is 0. The predicted molar refractivity (Wildman–Crippen MR) is 110 cm³/mol. The van der Waals surface area contributed by atoms with E-state index in [0.717, 1.165) is 0 Å². The van der Waals surface area contributed by atoms with Crippen LogP contribution in [0.1, 0.15) is 13.8 Å². The molecule has 2 aromatic carbocycles. The highest BCUT2D eigenvalue weighted by atomic mass is 29.6. The first-order valence-electron chi connectivity index (χ1n) is 8.24. The van der Waals surface area contributed by atoms with Crippen molar-refractivity contribution in [2.24, 2.45) is 0 Å². The van der Waals surface area contributed by atoms with Crippen molar-refractivity contribution in [3.63, 3.8) is 0 Å². The van der Waals surface area contributed by atoms with Crippen molar-refractivity contribution in [1.29, 1.82) is 0 Å². The van der Waals surface area contributed by atoms with Crippen molar-refractivity contribution >= 4 is 34.8 Å². The normalized spacial score (nSPS) is 14.0. The molecule has 0 bridgehead atoms. The molecule has 3 nitrogen and oxygen atoms in total. The molecule has 0 aliphatic rings. The Hall–Kier alpha value is -1.29. The van der Waals surface area contributed by atoms with E-state index >= 15 is 0 Å². The van der Waals surface area contributed by atoms with Crippen molar-refractivity contribution in [1.82, 2.24) is 0 Å². The molecular formula is C19H26O3Si3. The van der Waals surface area contributed by atoms with Gasteiger partial charge in [0.15, 0.2) is 7.11 Å². The highest BCUT2D eigenvalue weighted by Gasteiger charge is 2.61. The molecule has 6 heteroatoms. The molecule has 1 atom stereocenters. The maximum Gasteiger partial charge on any atom is 0.476 e. The van der Waals surface area contributed by atoms with Crippen molar-refractivity contribution in [3.05, 3.63) is 71.9 Å². The quantitative estimate of drug-likeness (QED) is 0.652. The van der Waals surface area contributed by atoms with Gasteiger partial charge in [0.1, 0.15) is 0 Å². The highest BCUT2D eigenvalue weighted by molar-refractivity contribution is 7.65. The second kappa shape index (κ2) is 8.88. The van der Waals surface area contributed by atoms with Crippen LogP contribution < -0.4 is 10.4 Å². The molecular weight excluding hydrogens is 360 g/mol. The van der Waals surface area contributed by atoms with Crippen LogP contribution in [0.2, 0.25) is 0 Å². The van der Waals surface area contributed by atoms with Gasteiger partial charge in [-0.3, -0.25) is 0 Å². The second-order valence-electron chi connectivity index (χ2n) is 6.06. The Kier molecular flexibility index (Phi) is 7.12. The molecule has 0 N–H and O–H groups in total. The Labute approximate surface area is 155 Å². The van der Waals surface area contributed by atoms with Crippen LogP contribution in [-0.2, 0) is 13.3 Å². The lowest BCUT2D eigenvalue weighted by atomic mass is 10.4. The first-order chi connectivity index (χ1) is 12.0. The average molecular weight is 387 g/mol. The largest absolute Gasteiger partial charge is 0.476 e. The smallest absolute Gasteiger partial charge is 0.380 e. The van der Waals surface area contributed by atoms with Gasteiger partial charge in [0, 0.05) is 21.3 Å². The molecule has 0 aliphatic heterocycles. The molecule has 25 heavy (non-hydrogen) atoms. The number of hydrogen-bond donors (Lipinski definition) is 0. The number of rotatable bonds is 8. The Morgan fingerprint density at radius 2 is 1.28 bits per heavy atom. The van der Waals surface area contributed by atoms with E-state index in [9.17, 15) is 0 Å². The van der Waals surface area contributed by atoms with Gasteiger partial charge < -0.3 is 13.3 Å². The van der Waals surface area contributed by atoms with Crippen molar-refractivity contribution in [2.75, 3.05) is 21.3 Å². The lowest BCUT2D eigenvalue weighted by Gasteiger charge is -2.41. The van der Waals surface area contributed by atoms with E-state index in [1.807, 2.05) is 12.1 Å². The summed E-state index contributed by atoms with van der Waals surface area (Å²) in [7, 11) is 0.393. The van der Waals surface area contributed by atoms with Crippen molar-refractivity contribution in [3.8, 4) is 0 Å². The third kappa shape index (κ3) is 4.11. The second-order valence-corrected chi connectivity index (χ2v) is 20.5. The lowest BCUT2D eigenvalue weighted by Crippen LogP contribution is -2.78. The molecule has 2 radical (unpaired) electrons. The van der Waals surface area contributed by atoms with E-state index < -0.39 is 15.4 Å². The van der Waals surface area contributed by atoms with Crippen LogP contribution in [0.3, 0.4) is 0 Å². The summed E-state index contributed by atoms with van der Waals surface area (Å²) < 4.78 is 18.1. The standard InChI is InChI=1S/C19H26O3Si3/c1-17(2)16-24(19-14-10-7-11-15-19,25(20-3,21-4)22-5)23-18-12-8-6-9-13-18/h6-16H,1-5H3. The highest BCUT2D eigenvalue weighted by Crippen LogP contribution is 2.24. The van der Waals surface area contributed by atoms with Crippen LogP contribution in [-0.4, -0.2) is 45.8 Å². The summed E-state index contributed by atoms with van der Waals surface area (Å²) in [6, 6.07) is 21.2. The van der Waals surface area contributed by atoms with Gasteiger partial charge in [-0.2, -0.15) is 0 Å². The zero-order valence-corrected chi connectivity index (χ0v) is 18.6. The number of hydrogen-bond acceptors (Lipinski definition) is 3. The van der Waals surface area contributed by atoms with Crippen molar-refractivity contribution < 1.29 is 13.3 Å². The zero-order valence-electron chi connectivity index (χ0n) is 15.6. The molecule has 1 unspecified atom stereocenters. The van der Waals surface area contributed by atoms with Gasteiger partial charge >= 0.3 is 8.32 Å². The maximum absolute atomic E-state index is 6.05. The fraction of sp³-hybridized carbons (Fsp3) is 0.263. The van der Waals surface area contributed by atoms with Crippen LogP contribution in [0.5, 0.6) is 0 Å². The van der Waals surface area contributed by atoms with E-state index in [0.29, 0.717) is 9.04 Å². The Morgan fingerprint density at radius 1 is 0.800 bits per heavy atom. The molecule has 0 aromatic heterocycles. The Balaban J connectivity index is 2.76. The van der Waals surface area contributed by atoms with E-state index in [1.165, 1.54) is 15.9 Å². The first-order valence-corrected chi connectivity index (χ1v) is 15.0. The van der Waals surface area contributed by atoms with Gasteiger partial charge in [-0.05, 0) is 13.8 Å². The minimum atomic E-state index is -2.91. The fourth-order valence-corrected chi connectivity index (χ4v) is 23.7. The molecule has 0 heterocycles. The van der Waals surface area contributed by atoms with E-state index in [1.54, 1.807) is 21.3 Å². The minimum Gasteiger partial charge on any atom is -0.380 e. The number of allylic oxidation sites excluding steroid dienone is 1. The first kappa shape index (κ1) is 20.0. The van der Waals surface area contributed by atoms with Gasteiger partial charge in [0.05, 0.1) is 9.04 Å². The molecule has 0 amide bonds. The average Bonchev–Trinajstić information content (AvgIpc) is 2.64. The van der Waals surface area contributed by atoms with E-state index in [2.05, 4.69) is 68.1 Å². The summed E-state index contributed by atoms with van der Waals surface area (Å²) in [5.41, 5.74) is 3.67. The lowest BCUT2D eigenvalue weighted by molar-refractivity contribution is 0.147. The van der Waals surface area contributed by atoms with Gasteiger partial charge in [-0.1, -0.05) is 82.3 Å². The molecule has 0 fully saturated rings. The van der Waals surface area contributed by atoms with Crippen LogP contribution in [0.25, 0.3) is 0 Å². The number of benzene rings is 2. The minimum absolute atomic E-state index is 0.557. The van der Waals surface area contributed by atoms with Crippen LogP contribution in [0.15, 0.2) is 71.9 Å². The third-order valence-electron chi connectivity index (χ3n) is 4.14. The molecule has 132 valence electrons. The summed E-state index contributed by atoms with van der Waals surface area (Å²) >= 11 is 0. The van der Waals surface area contributed by atoms with Crippen molar-refractivity contribution in [2.45, 2.75) is 13.8 Å². The molecule has 2 rings (SSSR count). The molecule has 0 saturated carbocycles. The summed E-state index contributed by atoms with van der Waals surface area (Å²) in [5, 5.41) is 2.59. The van der Waals surface area contributed by atoms with Gasteiger partial charge in [0.2, 0.25) is 0 Å². The van der Waals surface area contributed by atoms with Gasteiger partial charge in [-0.25, -0.2) is 0 Å².